The third-order valence-electron chi connectivity index (χ3n) is 3.59. The lowest BCUT2D eigenvalue weighted by atomic mass is 10.1. The summed E-state index contributed by atoms with van der Waals surface area (Å²) in [6.45, 7) is 8.23. The van der Waals surface area contributed by atoms with Crippen LogP contribution >= 0.6 is 0 Å². The van der Waals surface area contributed by atoms with Gasteiger partial charge in [-0.2, -0.15) is 5.10 Å². The van der Waals surface area contributed by atoms with Crippen LogP contribution in [-0.2, 0) is 15.6 Å². The maximum absolute atomic E-state index is 11.9. The second-order valence-corrected chi connectivity index (χ2v) is 8.38. The largest absolute Gasteiger partial charge is 0.376 e. The predicted octanol–water partition coefficient (Wildman–Crippen LogP) is 2.72. The number of hydrogen-bond donors (Lipinski definition) is 2. The summed E-state index contributed by atoms with van der Waals surface area (Å²) in [5, 5.41) is 7.70. The summed E-state index contributed by atoms with van der Waals surface area (Å²) in [4.78, 5) is 0.261. The third kappa shape index (κ3) is 4.11. The number of nitrogens with zero attached hydrogens (tertiary/aromatic N) is 2. The minimum atomic E-state index is -3.44. The van der Waals surface area contributed by atoms with Gasteiger partial charge in [0.1, 0.15) is 0 Å². The predicted molar refractivity (Wildman–Crippen MR) is 91.9 cm³/mol. The fourth-order valence-corrected chi connectivity index (χ4v) is 2.95. The molecule has 0 aliphatic rings. The molecule has 2 N–H and O–H groups in total. The maximum Gasteiger partial charge on any atom is 0.240 e. The summed E-state index contributed by atoms with van der Waals surface area (Å²) in [5.74, 6) is 0. The Balaban J connectivity index is 2.20. The molecule has 6 nitrogen and oxygen atoms in total. The van der Waals surface area contributed by atoms with E-state index in [0.717, 1.165) is 11.3 Å². The molecule has 2 aromatic rings. The van der Waals surface area contributed by atoms with Crippen LogP contribution in [0.3, 0.4) is 0 Å². The molecule has 1 aromatic heterocycles. The topological polar surface area (TPSA) is 76.0 Å². The monoisotopic (exact) mass is 336 g/mol. The zero-order chi connectivity index (χ0) is 17.3. The zero-order valence-electron chi connectivity index (χ0n) is 14.2. The van der Waals surface area contributed by atoms with Gasteiger partial charge in [0.25, 0.3) is 0 Å². The molecule has 0 saturated heterocycles. The fraction of sp³-hybridized carbons (Fsp3) is 0.438. The van der Waals surface area contributed by atoms with Gasteiger partial charge in [-0.25, -0.2) is 13.1 Å². The van der Waals surface area contributed by atoms with Gasteiger partial charge in [0.05, 0.1) is 22.3 Å². The summed E-state index contributed by atoms with van der Waals surface area (Å²) in [6, 6.07) is 6.87. The minimum absolute atomic E-state index is 0.0420. The van der Waals surface area contributed by atoms with Gasteiger partial charge in [0.2, 0.25) is 10.0 Å². The molecule has 126 valence electrons. The number of aromatic nitrogens is 2. The summed E-state index contributed by atoms with van der Waals surface area (Å²) in [5.41, 5.74) is 1.71. The van der Waals surface area contributed by atoms with Crippen molar-refractivity contribution in [2.75, 3.05) is 12.4 Å². The first-order valence-corrected chi connectivity index (χ1v) is 8.97. The first-order valence-electron chi connectivity index (χ1n) is 7.49. The van der Waals surface area contributed by atoms with E-state index < -0.39 is 10.0 Å². The van der Waals surface area contributed by atoms with Crippen LogP contribution in [0.1, 0.15) is 39.3 Å². The Bertz CT molecular complexity index is 775. The summed E-state index contributed by atoms with van der Waals surface area (Å²) in [7, 11) is -2.03. The Kier molecular flexibility index (Phi) is 4.81. The molecule has 0 aliphatic carbocycles. The van der Waals surface area contributed by atoms with Gasteiger partial charge in [-0.15, -0.1) is 0 Å². The molecule has 0 saturated carbocycles. The van der Waals surface area contributed by atoms with Crippen LogP contribution in [-0.4, -0.2) is 25.2 Å². The van der Waals surface area contributed by atoms with Crippen molar-refractivity contribution in [2.24, 2.45) is 0 Å². The Morgan fingerprint density at radius 2 is 1.96 bits per heavy atom. The third-order valence-corrected chi connectivity index (χ3v) is 5.00. The van der Waals surface area contributed by atoms with Crippen molar-refractivity contribution in [2.45, 2.75) is 44.2 Å². The van der Waals surface area contributed by atoms with E-state index in [1.54, 1.807) is 24.4 Å². The van der Waals surface area contributed by atoms with Crippen molar-refractivity contribution >= 4 is 15.7 Å². The molecule has 7 heteroatoms. The molecule has 1 heterocycles. The van der Waals surface area contributed by atoms with Crippen LogP contribution in [0.25, 0.3) is 0 Å². The highest BCUT2D eigenvalue weighted by atomic mass is 32.2. The maximum atomic E-state index is 11.9. The molecule has 1 aromatic carbocycles. The van der Waals surface area contributed by atoms with E-state index in [4.69, 9.17) is 0 Å². The van der Waals surface area contributed by atoms with E-state index in [0.29, 0.717) is 0 Å². The van der Waals surface area contributed by atoms with Gasteiger partial charge in [0, 0.05) is 12.2 Å². The second-order valence-electron chi connectivity index (χ2n) is 6.49. The highest BCUT2D eigenvalue weighted by Crippen LogP contribution is 2.23. The lowest BCUT2D eigenvalue weighted by Gasteiger charge is -2.19. The van der Waals surface area contributed by atoms with Gasteiger partial charge in [-0.1, -0.05) is 12.1 Å². The second kappa shape index (κ2) is 6.33. The molecule has 0 amide bonds. The summed E-state index contributed by atoms with van der Waals surface area (Å²) >= 11 is 0. The van der Waals surface area contributed by atoms with Gasteiger partial charge < -0.3 is 5.32 Å². The highest BCUT2D eigenvalue weighted by Gasteiger charge is 2.16. The number of benzene rings is 1. The fourth-order valence-electron chi connectivity index (χ4n) is 2.17. The zero-order valence-corrected chi connectivity index (χ0v) is 15.0. The van der Waals surface area contributed by atoms with Crippen LogP contribution in [0.15, 0.2) is 41.6 Å². The van der Waals surface area contributed by atoms with Crippen LogP contribution in [0.5, 0.6) is 0 Å². The van der Waals surface area contributed by atoms with E-state index in [-0.39, 0.29) is 16.5 Å². The van der Waals surface area contributed by atoms with Gasteiger partial charge in [0.15, 0.2) is 0 Å². The molecule has 2 rings (SSSR count). The van der Waals surface area contributed by atoms with Crippen LogP contribution in [0.4, 0.5) is 5.69 Å². The Labute approximate surface area is 138 Å². The van der Waals surface area contributed by atoms with Gasteiger partial charge >= 0.3 is 0 Å². The normalized spacial score (nSPS) is 13.8. The molecule has 1 atom stereocenters. The molecule has 0 radical (unpaired) electrons. The molecular formula is C16H24N4O2S. The SMILES string of the molecule is CNS(=O)(=O)c1cccc([C@H](C)Nc2cnn(C(C)(C)C)c2)c1. The van der Waals surface area contributed by atoms with Crippen molar-refractivity contribution in [1.82, 2.24) is 14.5 Å². The average molecular weight is 336 g/mol. The van der Waals surface area contributed by atoms with Gasteiger partial charge in [-0.05, 0) is 52.4 Å². The first kappa shape index (κ1) is 17.5. The van der Waals surface area contributed by atoms with E-state index >= 15 is 0 Å². The van der Waals surface area contributed by atoms with Crippen molar-refractivity contribution in [3.05, 3.63) is 42.2 Å². The van der Waals surface area contributed by atoms with Crippen molar-refractivity contribution < 1.29 is 8.42 Å². The molecule has 0 aliphatic heterocycles. The molecule has 23 heavy (non-hydrogen) atoms. The van der Waals surface area contributed by atoms with Crippen molar-refractivity contribution in [1.29, 1.82) is 0 Å². The minimum Gasteiger partial charge on any atom is -0.376 e. The van der Waals surface area contributed by atoms with Crippen molar-refractivity contribution in [3.63, 3.8) is 0 Å². The Morgan fingerprint density at radius 1 is 1.26 bits per heavy atom. The van der Waals surface area contributed by atoms with Crippen LogP contribution in [0.2, 0.25) is 0 Å². The lowest BCUT2D eigenvalue weighted by molar-refractivity contribution is 0.355. The van der Waals surface area contributed by atoms with Gasteiger partial charge in [-0.3, -0.25) is 4.68 Å². The first-order chi connectivity index (χ1) is 10.6. The number of rotatable bonds is 5. The number of sulfonamides is 1. The molecule has 0 fully saturated rings. The molecule has 0 bridgehead atoms. The molecule has 0 spiro atoms. The van der Waals surface area contributed by atoms with E-state index in [1.165, 1.54) is 7.05 Å². The molecular weight excluding hydrogens is 312 g/mol. The number of anilines is 1. The average Bonchev–Trinajstić information content (AvgIpc) is 2.96. The molecule has 0 unspecified atom stereocenters. The standard InChI is InChI=1S/C16H24N4O2S/c1-12(19-14-10-18-20(11-14)16(2,3)4)13-7-6-8-15(9-13)23(21,22)17-5/h6-12,17,19H,1-5H3/t12-/m0/s1. The van der Waals surface area contributed by atoms with E-state index in [1.807, 2.05) is 23.9 Å². The van der Waals surface area contributed by atoms with Crippen molar-refractivity contribution in [3.8, 4) is 0 Å². The number of hydrogen-bond acceptors (Lipinski definition) is 4. The van der Waals surface area contributed by atoms with Crippen LogP contribution in [0, 0.1) is 0 Å². The van der Waals surface area contributed by atoms with E-state index in [9.17, 15) is 8.42 Å². The Morgan fingerprint density at radius 3 is 2.52 bits per heavy atom. The van der Waals surface area contributed by atoms with E-state index in [2.05, 4.69) is 35.9 Å². The Hall–Kier alpha value is -1.86. The lowest BCUT2D eigenvalue weighted by Crippen LogP contribution is -2.22. The smallest absolute Gasteiger partial charge is 0.240 e. The summed E-state index contributed by atoms with van der Waals surface area (Å²) < 4.78 is 28.0. The number of nitrogens with one attached hydrogen (secondary N) is 2. The quantitative estimate of drug-likeness (QED) is 0.880. The highest BCUT2D eigenvalue weighted by molar-refractivity contribution is 7.89. The summed E-state index contributed by atoms with van der Waals surface area (Å²) in [6.07, 6.45) is 3.72. The van der Waals surface area contributed by atoms with Crippen LogP contribution < -0.4 is 10.0 Å².